The normalized spacial score (nSPS) is 11.1. The summed E-state index contributed by atoms with van der Waals surface area (Å²) in [7, 11) is 0. The minimum atomic E-state index is -1.02. The van der Waals surface area contributed by atoms with Crippen molar-refractivity contribution in [1.82, 2.24) is 30.0 Å². The molecule has 0 amide bonds. The monoisotopic (exact) mass is 258 g/mol. The van der Waals surface area contributed by atoms with E-state index >= 15 is 0 Å². The minimum absolute atomic E-state index is 0.0193. The zero-order chi connectivity index (χ0) is 12.9. The maximum absolute atomic E-state index is 10.7. The third kappa shape index (κ3) is 1.16. The molecular weight excluding hydrogens is 256 g/mol. The van der Waals surface area contributed by atoms with Crippen LogP contribution in [0, 0.1) is 20.2 Å². The van der Waals surface area contributed by atoms with E-state index in [0.29, 0.717) is 0 Å². The van der Waals surface area contributed by atoms with Crippen molar-refractivity contribution in [3.05, 3.63) is 20.2 Å². The van der Waals surface area contributed by atoms with Crippen LogP contribution < -0.4 is 0 Å². The Labute approximate surface area is 93.2 Å². The van der Waals surface area contributed by atoms with E-state index in [4.69, 9.17) is 0 Å². The Balaban J connectivity index is 2.49. The Kier molecular flexibility index (Phi) is 1.70. The number of H-pyrrole nitrogens is 2. The van der Waals surface area contributed by atoms with E-state index in [9.17, 15) is 20.2 Å². The first kappa shape index (κ1) is 9.87. The predicted molar refractivity (Wildman–Crippen MR) is 48.7 cm³/mol. The molecule has 0 fully saturated rings. The molecule has 94 valence electrons. The fraction of sp³-hybridized carbons (Fsp3) is 0. The van der Waals surface area contributed by atoms with Crippen molar-refractivity contribution in [2.24, 2.45) is 0 Å². The molecule has 0 bridgehead atoms. The molecule has 0 saturated carbocycles. The summed E-state index contributed by atoms with van der Waals surface area (Å²) in [4.78, 5) is 28.8. The van der Waals surface area contributed by atoms with Crippen LogP contribution >= 0.6 is 0 Å². The van der Waals surface area contributed by atoms with Crippen LogP contribution in [0.4, 0.5) is 0 Å². The Hall–Kier alpha value is -3.32. The van der Waals surface area contributed by atoms with Gasteiger partial charge in [-0.05, 0) is 0 Å². The quantitative estimate of drug-likeness (QED) is 0.452. The highest BCUT2D eigenvalue weighted by atomic mass is 16.8. The maximum Gasteiger partial charge on any atom is 0.296 e. The summed E-state index contributed by atoms with van der Waals surface area (Å²) in [5.74, 6) is 0. The van der Waals surface area contributed by atoms with Gasteiger partial charge in [-0.15, -0.1) is 0 Å². The van der Waals surface area contributed by atoms with Crippen LogP contribution in [-0.2, 0) is 0 Å². The van der Waals surface area contributed by atoms with Crippen LogP contribution in [0.1, 0.15) is 0 Å². The number of nitrogens with zero attached hydrogens (tertiary/aromatic N) is 6. The van der Waals surface area contributed by atoms with E-state index in [1.54, 1.807) is 0 Å². The van der Waals surface area contributed by atoms with Gasteiger partial charge in [0.15, 0.2) is 0 Å². The van der Waals surface area contributed by atoms with Gasteiger partial charge in [-0.2, -0.15) is 24.9 Å². The molecule has 2 N–H and O–H groups in total. The van der Waals surface area contributed by atoms with Crippen LogP contribution in [0.2, 0.25) is 0 Å². The van der Waals surface area contributed by atoms with Crippen molar-refractivity contribution >= 4 is 22.6 Å². The molecule has 0 saturated heterocycles. The molecule has 0 radical (unpaired) electrons. The summed E-state index contributed by atoms with van der Waals surface area (Å²) in [6.07, 6.45) is 0. The van der Waals surface area contributed by atoms with Crippen LogP contribution in [-0.4, -0.2) is 40.0 Å². The number of nitro groups is 2. The molecule has 14 nitrogen and oxygen atoms in total. The fourth-order valence-electron chi connectivity index (χ4n) is 1.30. The molecule has 0 atom stereocenters. The number of hydrogen-bond acceptors (Lipinski definition) is 8. The molecule has 3 aromatic heterocycles. The van der Waals surface area contributed by atoms with Gasteiger partial charge in [-0.1, -0.05) is 0 Å². The van der Waals surface area contributed by atoms with Gasteiger partial charge in [0.1, 0.15) is 9.70 Å². The van der Waals surface area contributed by atoms with Gasteiger partial charge >= 0.3 is 0 Å². The molecule has 0 aromatic carbocycles. The van der Waals surface area contributed by atoms with Crippen LogP contribution in [0.15, 0.2) is 9.26 Å². The predicted octanol–water partition coefficient (Wildman–Crippen LogP) is -0.568. The summed E-state index contributed by atoms with van der Waals surface area (Å²) in [5.41, 5.74) is -0.825. The summed E-state index contributed by atoms with van der Waals surface area (Å²) in [6, 6.07) is 0. The molecule has 14 heteroatoms. The Bertz CT molecular complexity index is 739. The van der Waals surface area contributed by atoms with Crippen molar-refractivity contribution in [3.63, 3.8) is 0 Å². The molecular formula is C4H2N8O6. The topological polar surface area (TPSA) is 180 Å². The molecule has 3 aromatic rings. The molecule has 18 heavy (non-hydrogen) atoms. The average molecular weight is 258 g/mol. The largest absolute Gasteiger partial charge is 0.296 e. The van der Waals surface area contributed by atoms with Gasteiger partial charge in [-0.3, -0.25) is 4.63 Å². The highest BCUT2D eigenvalue weighted by Gasteiger charge is 2.27. The standard InChI is InChI=1S/C4H2N8O6/c13-11(14)9-3-4(10(18-9)12(15)16)6-2-1(5-3)7-17-8-2/h(H,5,7)(H,6,8). The smallest absolute Gasteiger partial charge is 0.293 e. The summed E-state index contributed by atoms with van der Waals surface area (Å²) >= 11 is 0. The first-order chi connectivity index (χ1) is 8.58. The maximum atomic E-state index is 10.7. The molecule has 0 aliphatic rings. The first-order valence-corrected chi connectivity index (χ1v) is 4.25. The molecule has 3 heterocycles. The summed E-state index contributed by atoms with van der Waals surface area (Å²) < 4.78 is 8.92. The van der Waals surface area contributed by atoms with Crippen molar-refractivity contribution < 1.29 is 19.3 Å². The van der Waals surface area contributed by atoms with E-state index in [1.807, 2.05) is 0 Å². The number of fused-ring (bicyclic) bond motifs is 2. The molecule has 0 unspecified atom stereocenters. The van der Waals surface area contributed by atoms with Gasteiger partial charge in [0.05, 0.1) is 0 Å². The van der Waals surface area contributed by atoms with Crippen molar-refractivity contribution in [1.29, 1.82) is 0 Å². The van der Waals surface area contributed by atoms with Crippen molar-refractivity contribution in [2.45, 2.75) is 0 Å². The second-order valence-corrected chi connectivity index (χ2v) is 2.98. The Morgan fingerprint density at radius 3 is 1.83 bits per heavy atom. The highest BCUT2D eigenvalue weighted by molar-refractivity contribution is 5.76. The first-order valence-electron chi connectivity index (χ1n) is 4.25. The highest BCUT2D eigenvalue weighted by Crippen LogP contribution is 2.14. The lowest BCUT2D eigenvalue weighted by molar-refractivity contribution is -0.631. The molecule has 0 spiro atoms. The van der Waals surface area contributed by atoms with E-state index < -0.39 is 21.4 Å². The van der Waals surface area contributed by atoms with Crippen LogP contribution in [0.5, 0.6) is 0 Å². The zero-order valence-corrected chi connectivity index (χ0v) is 8.13. The van der Waals surface area contributed by atoms with Gasteiger partial charge in [0, 0.05) is 0 Å². The van der Waals surface area contributed by atoms with Crippen molar-refractivity contribution in [2.75, 3.05) is 0 Å². The fourth-order valence-corrected chi connectivity index (χ4v) is 1.30. The number of aromatic amines is 2. The summed E-state index contributed by atoms with van der Waals surface area (Å²) in [6.45, 7) is 0. The van der Waals surface area contributed by atoms with E-state index in [1.165, 1.54) is 0 Å². The SMILES string of the molecule is O=[N+]([O-])n1on([N+](=O)[O-])c2nc3[nH]o[nH]c3nc21. The van der Waals surface area contributed by atoms with Crippen LogP contribution in [0.25, 0.3) is 22.6 Å². The summed E-state index contributed by atoms with van der Waals surface area (Å²) in [5, 5.41) is 23.8. The molecule has 3 rings (SSSR count). The second-order valence-electron chi connectivity index (χ2n) is 2.98. The third-order valence-electron chi connectivity index (χ3n) is 1.97. The van der Waals surface area contributed by atoms with Gasteiger partial charge in [0.25, 0.3) is 11.3 Å². The Morgan fingerprint density at radius 2 is 1.44 bits per heavy atom. The van der Waals surface area contributed by atoms with E-state index in [-0.39, 0.29) is 21.0 Å². The van der Waals surface area contributed by atoms with Crippen molar-refractivity contribution in [3.8, 4) is 0 Å². The Morgan fingerprint density at radius 1 is 1.00 bits per heavy atom. The van der Waals surface area contributed by atoms with Gasteiger partial charge in [0.2, 0.25) is 21.4 Å². The van der Waals surface area contributed by atoms with E-state index in [0.717, 1.165) is 0 Å². The molecule has 0 aliphatic carbocycles. The second kappa shape index (κ2) is 3.09. The number of rotatable bonds is 2. The van der Waals surface area contributed by atoms with E-state index in [2.05, 4.69) is 29.5 Å². The third-order valence-corrected chi connectivity index (χ3v) is 1.97. The lowest BCUT2D eigenvalue weighted by Crippen LogP contribution is -2.10. The minimum Gasteiger partial charge on any atom is -0.293 e. The molecule has 0 aliphatic heterocycles. The lowest BCUT2D eigenvalue weighted by Gasteiger charge is -1.86. The number of aromatic nitrogens is 6. The zero-order valence-electron chi connectivity index (χ0n) is 8.13. The van der Waals surface area contributed by atoms with Gasteiger partial charge < -0.3 is 0 Å². The average Bonchev–Trinajstić information content (AvgIpc) is 2.88. The van der Waals surface area contributed by atoms with Crippen LogP contribution in [0.3, 0.4) is 0 Å². The number of nitrogens with one attached hydrogen (secondary N) is 2. The van der Waals surface area contributed by atoms with Gasteiger partial charge in [-0.25, -0.2) is 20.2 Å². The number of hydrogen-bond donors (Lipinski definition) is 2. The lowest BCUT2D eigenvalue weighted by atomic mass is 10.6.